The minimum atomic E-state index is -0.979. The monoisotopic (exact) mass is 376 g/mol. The van der Waals surface area contributed by atoms with Gasteiger partial charge in [0.2, 0.25) is 11.8 Å². The molecular weight excluding hydrogens is 344 g/mol. The zero-order valence-electron chi connectivity index (χ0n) is 16.8. The summed E-state index contributed by atoms with van der Waals surface area (Å²) < 4.78 is 5.20. The summed E-state index contributed by atoms with van der Waals surface area (Å²) in [7, 11) is 1.39. The van der Waals surface area contributed by atoms with Crippen molar-refractivity contribution in [2.75, 3.05) is 20.2 Å². The molecule has 0 bridgehead atoms. The molecule has 2 amide bonds. The normalized spacial score (nSPS) is 27.5. The molecule has 0 radical (unpaired) electrons. The van der Waals surface area contributed by atoms with Crippen LogP contribution in [0.1, 0.15) is 65.2 Å². The van der Waals surface area contributed by atoms with Crippen LogP contribution in [0.15, 0.2) is 11.3 Å². The molecule has 2 heterocycles. The van der Waals surface area contributed by atoms with Crippen molar-refractivity contribution < 1.29 is 19.1 Å². The Bertz CT molecular complexity index is 655. The minimum absolute atomic E-state index is 0.0549. The molecule has 27 heavy (non-hydrogen) atoms. The number of nitrogens with one attached hydrogen (secondary N) is 1. The van der Waals surface area contributed by atoms with E-state index >= 15 is 0 Å². The Kier molecular flexibility index (Phi) is 5.92. The number of carbonyl (C=O) groups excluding carboxylic acids is 3. The van der Waals surface area contributed by atoms with Crippen LogP contribution in [0.5, 0.6) is 0 Å². The largest absolute Gasteiger partial charge is 0.468 e. The molecule has 0 saturated carbocycles. The van der Waals surface area contributed by atoms with Crippen LogP contribution in [0, 0.1) is 17.3 Å². The number of esters is 1. The van der Waals surface area contributed by atoms with Crippen molar-refractivity contribution in [3.05, 3.63) is 11.3 Å². The van der Waals surface area contributed by atoms with E-state index in [0.29, 0.717) is 25.4 Å². The summed E-state index contributed by atoms with van der Waals surface area (Å²) in [5.74, 6) is -0.722. The lowest BCUT2D eigenvalue weighted by Crippen LogP contribution is -2.42. The van der Waals surface area contributed by atoms with Gasteiger partial charge in [0.05, 0.1) is 13.0 Å². The average Bonchev–Trinajstić information content (AvgIpc) is 2.78. The summed E-state index contributed by atoms with van der Waals surface area (Å²) >= 11 is 0. The molecule has 1 aliphatic carbocycles. The molecule has 0 spiro atoms. The molecule has 2 atom stereocenters. The standard InChI is InChI=1S/C21H32N2O4/c1-14(2)9-11-22-17(24)13-16-19(25)23-12-6-8-15-7-4-5-10-21(16,18(15)23)20(26)27-3/h14,16H,4-13H2,1-3H3,(H,22,24)/t16-,21-/m1/s1. The topological polar surface area (TPSA) is 75.7 Å². The van der Waals surface area contributed by atoms with E-state index in [0.717, 1.165) is 44.2 Å². The Balaban J connectivity index is 1.92. The number of nitrogens with zero attached hydrogens (tertiary/aromatic N) is 1. The van der Waals surface area contributed by atoms with Gasteiger partial charge in [-0.15, -0.1) is 0 Å². The van der Waals surface area contributed by atoms with Crippen LogP contribution < -0.4 is 5.32 Å². The zero-order valence-corrected chi connectivity index (χ0v) is 16.8. The Labute approximate surface area is 161 Å². The van der Waals surface area contributed by atoms with Crippen molar-refractivity contribution in [2.45, 2.75) is 65.2 Å². The van der Waals surface area contributed by atoms with Crippen molar-refractivity contribution >= 4 is 17.8 Å². The van der Waals surface area contributed by atoms with Crippen LogP contribution >= 0.6 is 0 Å². The summed E-state index contributed by atoms with van der Waals surface area (Å²) in [5.41, 5.74) is 1.12. The minimum Gasteiger partial charge on any atom is -0.468 e. The fraction of sp³-hybridized carbons (Fsp3) is 0.762. The fourth-order valence-corrected chi connectivity index (χ4v) is 5.03. The molecule has 0 aromatic carbocycles. The first kappa shape index (κ1) is 19.9. The maximum absolute atomic E-state index is 13.2. The summed E-state index contributed by atoms with van der Waals surface area (Å²) in [6, 6.07) is 0. The Morgan fingerprint density at radius 1 is 1.26 bits per heavy atom. The molecule has 1 saturated heterocycles. The van der Waals surface area contributed by atoms with Gasteiger partial charge in [-0.25, -0.2) is 0 Å². The quantitative estimate of drug-likeness (QED) is 0.723. The lowest BCUT2D eigenvalue weighted by atomic mass is 9.70. The first-order chi connectivity index (χ1) is 12.9. The summed E-state index contributed by atoms with van der Waals surface area (Å²) in [5, 5.41) is 2.93. The van der Waals surface area contributed by atoms with Crippen molar-refractivity contribution in [2.24, 2.45) is 17.3 Å². The molecule has 2 aliphatic heterocycles. The summed E-state index contributed by atoms with van der Waals surface area (Å²) in [6.07, 6.45) is 6.23. The molecule has 6 heteroatoms. The van der Waals surface area contributed by atoms with E-state index in [-0.39, 0.29) is 24.2 Å². The van der Waals surface area contributed by atoms with E-state index in [1.165, 1.54) is 12.7 Å². The summed E-state index contributed by atoms with van der Waals surface area (Å²) in [4.78, 5) is 40.7. The molecule has 0 aromatic heterocycles. The number of amides is 2. The Hall–Kier alpha value is -1.85. The second-order valence-electron chi connectivity index (χ2n) is 8.50. The lowest BCUT2D eigenvalue weighted by molar-refractivity contribution is -0.155. The van der Waals surface area contributed by atoms with Gasteiger partial charge < -0.3 is 15.0 Å². The van der Waals surface area contributed by atoms with Gasteiger partial charge in [-0.05, 0) is 50.0 Å². The zero-order chi connectivity index (χ0) is 19.6. The number of carbonyl (C=O) groups is 3. The van der Waals surface area contributed by atoms with E-state index in [9.17, 15) is 14.4 Å². The molecular formula is C21H32N2O4. The molecule has 3 aliphatic rings. The van der Waals surface area contributed by atoms with Gasteiger partial charge in [0, 0.05) is 25.2 Å². The Morgan fingerprint density at radius 2 is 2.00 bits per heavy atom. The van der Waals surface area contributed by atoms with E-state index in [1.54, 1.807) is 4.90 Å². The van der Waals surface area contributed by atoms with E-state index in [1.807, 2.05) is 0 Å². The fourth-order valence-electron chi connectivity index (χ4n) is 5.03. The first-order valence-electron chi connectivity index (χ1n) is 10.3. The van der Waals surface area contributed by atoms with Crippen LogP contribution in [0.4, 0.5) is 0 Å². The summed E-state index contributed by atoms with van der Waals surface area (Å²) in [6.45, 7) is 5.45. The maximum Gasteiger partial charge on any atom is 0.318 e. The molecule has 1 N–H and O–H groups in total. The van der Waals surface area contributed by atoms with Crippen LogP contribution in [0.3, 0.4) is 0 Å². The highest BCUT2D eigenvalue weighted by Crippen LogP contribution is 2.56. The van der Waals surface area contributed by atoms with Crippen molar-refractivity contribution in [3.63, 3.8) is 0 Å². The number of hydrogen-bond acceptors (Lipinski definition) is 4. The molecule has 1 fully saturated rings. The van der Waals surface area contributed by atoms with Gasteiger partial charge in [-0.1, -0.05) is 20.3 Å². The molecule has 3 rings (SSSR count). The number of ether oxygens (including phenoxy) is 1. The average molecular weight is 376 g/mol. The maximum atomic E-state index is 13.2. The highest BCUT2D eigenvalue weighted by atomic mass is 16.5. The van der Waals surface area contributed by atoms with Crippen LogP contribution in [-0.4, -0.2) is 42.9 Å². The van der Waals surface area contributed by atoms with Gasteiger partial charge in [0.25, 0.3) is 0 Å². The predicted octanol–water partition coefficient (Wildman–Crippen LogP) is 2.78. The number of hydrogen-bond donors (Lipinski definition) is 1. The number of rotatable bonds is 6. The third-order valence-corrected chi connectivity index (χ3v) is 6.33. The molecule has 0 unspecified atom stereocenters. The highest BCUT2D eigenvalue weighted by molar-refractivity contribution is 5.99. The van der Waals surface area contributed by atoms with Gasteiger partial charge in [0.15, 0.2) is 0 Å². The molecule has 150 valence electrons. The van der Waals surface area contributed by atoms with E-state index < -0.39 is 11.3 Å². The SMILES string of the molecule is COC(=O)[C@@]12CCCCC3=C1N(CCC3)C(=O)[C@H]2CC(=O)NCCC(C)C. The van der Waals surface area contributed by atoms with Gasteiger partial charge >= 0.3 is 5.97 Å². The Morgan fingerprint density at radius 3 is 2.70 bits per heavy atom. The number of allylic oxidation sites excluding steroid dienone is 1. The second kappa shape index (κ2) is 8.03. The highest BCUT2D eigenvalue weighted by Gasteiger charge is 2.62. The van der Waals surface area contributed by atoms with Gasteiger partial charge in [-0.2, -0.15) is 0 Å². The van der Waals surface area contributed by atoms with Gasteiger partial charge in [0.1, 0.15) is 5.41 Å². The van der Waals surface area contributed by atoms with Crippen LogP contribution in [0.25, 0.3) is 0 Å². The first-order valence-corrected chi connectivity index (χ1v) is 10.3. The van der Waals surface area contributed by atoms with E-state index in [4.69, 9.17) is 4.74 Å². The predicted molar refractivity (Wildman–Crippen MR) is 101 cm³/mol. The van der Waals surface area contributed by atoms with Crippen molar-refractivity contribution in [1.29, 1.82) is 0 Å². The van der Waals surface area contributed by atoms with Gasteiger partial charge in [-0.3, -0.25) is 14.4 Å². The molecule has 6 nitrogen and oxygen atoms in total. The van der Waals surface area contributed by atoms with Crippen LogP contribution in [-0.2, 0) is 19.1 Å². The second-order valence-corrected chi connectivity index (χ2v) is 8.50. The van der Waals surface area contributed by atoms with Crippen LogP contribution in [0.2, 0.25) is 0 Å². The van der Waals surface area contributed by atoms with Crippen molar-refractivity contribution in [3.8, 4) is 0 Å². The smallest absolute Gasteiger partial charge is 0.318 e. The lowest BCUT2D eigenvalue weighted by Gasteiger charge is -2.34. The van der Waals surface area contributed by atoms with E-state index in [2.05, 4.69) is 19.2 Å². The third-order valence-electron chi connectivity index (χ3n) is 6.33. The van der Waals surface area contributed by atoms with Crippen molar-refractivity contribution in [1.82, 2.24) is 10.2 Å². The third kappa shape index (κ3) is 3.50. The molecule has 0 aromatic rings. The number of methoxy groups -OCH3 is 1.